The monoisotopic (exact) mass is 399 g/mol. The van der Waals surface area contributed by atoms with Gasteiger partial charge in [-0.15, -0.1) is 11.3 Å². The molecular weight excluding hydrogens is 386 g/mol. The lowest BCUT2D eigenvalue weighted by atomic mass is 10.3. The molecule has 0 spiro atoms. The molecule has 4 aromatic heterocycles. The highest BCUT2D eigenvalue weighted by atomic mass is 35.5. The maximum atomic E-state index is 13.0. The molecule has 0 fully saturated rings. The van der Waals surface area contributed by atoms with Crippen molar-refractivity contribution in [2.75, 3.05) is 5.32 Å². The normalized spacial score (nSPS) is 11.0. The number of hydrogen-bond donors (Lipinski definition) is 1. The third-order valence-electron chi connectivity index (χ3n) is 4.01. The molecule has 4 aromatic rings. The van der Waals surface area contributed by atoms with E-state index in [1.54, 1.807) is 41.2 Å². The minimum absolute atomic E-state index is 0.0181. The van der Waals surface area contributed by atoms with Gasteiger partial charge < -0.3 is 10.4 Å². The van der Waals surface area contributed by atoms with Crippen molar-refractivity contribution in [1.82, 2.24) is 14.4 Å². The summed E-state index contributed by atoms with van der Waals surface area (Å²) in [6.07, 6.45) is 4.92. The van der Waals surface area contributed by atoms with E-state index in [-0.39, 0.29) is 12.2 Å². The van der Waals surface area contributed by atoms with E-state index in [4.69, 9.17) is 11.6 Å². The van der Waals surface area contributed by atoms with E-state index in [0.29, 0.717) is 15.9 Å². The summed E-state index contributed by atoms with van der Waals surface area (Å²) in [5.41, 5.74) is 1.58. The van der Waals surface area contributed by atoms with Crippen LogP contribution in [0.4, 0.5) is 5.82 Å². The highest BCUT2D eigenvalue weighted by molar-refractivity contribution is 7.15. The largest absolute Gasteiger partial charge is 0.839 e. The molecule has 0 aliphatic heterocycles. The summed E-state index contributed by atoms with van der Waals surface area (Å²) in [6, 6.07) is 8.93. The number of pyridine rings is 2. The number of thiazole rings is 1. The molecular formula is C18H14ClN5O2S. The molecule has 7 nitrogen and oxygen atoms in total. The van der Waals surface area contributed by atoms with Gasteiger partial charge in [0.1, 0.15) is 18.2 Å². The Labute approximate surface area is 163 Å². The summed E-state index contributed by atoms with van der Waals surface area (Å²) >= 11 is 7.18. The Morgan fingerprint density at radius 3 is 2.96 bits per heavy atom. The minimum Gasteiger partial charge on any atom is -0.839 e. The van der Waals surface area contributed by atoms with Crippen LogP contribution in [0.2, 0.25) is 4.47 Å². The highest BCUT2D eigenvalue weighted by Gasteiger charge is 2.26. The Hall–Kier alpha value is -2.97. The second-order valence-electron chi connectivity index (χ2n) is 5.92. The zero-order chi connectivity index (χ0) is 19.0. The summed E-state index contributed by atoms with van der Waals surface area (Å²) in [4.78, 5) is 21.8. The van der Waals surface area contributed by atoms with Crippen LogP contribution in [-0.4, -0.2) is 20.3 Å². The average Bonchev–Trinajstić information content (AvgIpc) is 3.17. The highest BCUT2D eigenvalue weighted by Crippen LogP contribution is 2.21. The van der Waals surface area contributed by atoms with E-state index in [2.05, 4.69) is 15.3 Å². The summed E-state index contributed by atoms with van der Waals surface area (Å²) in [5.74, 6) is -0.512. The molecule has 1 N–H and O–H groups in total. The number of fused-ring (bicyclic) bond motifs is 1. The standard InChI is InChI=1S/C18H14ClN5O2S/c1-11-5-6-20-13(8-11)22-16(25)15-17(26)24(10-12-9-21-18(19)27-12)14-4-2-3-7-23(14)15/h2-9H,10H2,1H3,(H-,20,22,25,26). The van der Waals surface area contributed by atoms with Crippen molar-refractivity contribution < 1.29 is 14.5 Å². The molecule has 0 aliphatic carbocycles. The van der Waals surface area contributed by atoms with E-state index in [9.17, 15) is 9.90 Å². The van der Waals surface area contributed by atoms with Gasteiger partial charge in [0.25, 0.3) is 11.6 Å². The first-order valence-electron chi connectivity index (χ1n) is 8.07. The van der Waals surface area contributed by atoms with Crippen LogP contribution in [0, 0.1) is 6.92 Å². The molecule has 4 heterocycles. The predicted octanol–water partition coefficient (Wildman–Crippen LogP) is 2.41. The number of aryl methyl sites for hydroxylation is 1. The first-order chi connectivity index (χ1) is 13.0. The molecule has 1 amide bonds. The number of carbonyl (C=O) groups is 1. The zero-order valence-electron chi connectivity index (χ0n) is 14.2. The van der Waals surface area contributed by atoms with Crippen molar-refractivity contribution >= 4 is 40.3 Å². The summed E-state index contributed by atoms with van der Waals surface area (Å²) in [7, 11) is 0. The van der Waals surface area contributed by atoms with Crippen molar-refractivity contribution in [2.45, 2.75) is 13.5 Å². The molecule has 136 valence electrons. The maximum Gasteiger partial charge on any atom is 0.300 e. The Morgan fingerprint density at radius 2 is 2.22 bits per heavy atom. The lowest BCUT2D eigenvalue weighted by Crippen LogP contribution is -2.36. The Balaban J connectivity index is 1.76. The molecule has 0 saturated carbocycles. The summed E-state index contributed by atoms with van der Waals surface area (Å²) in [5, 5.41) is 15.7. The molecule has 0 aliphatic rings. The molecule has 0 radical (unpaired) electrons. The van der Waals surface area contributed by atoms with Gasteiger partial charge in [0.15, 0.2) is 4.47 Å². The topological polar surface area (TPSA) is 86.2 Å². The maximum absolute atomic E-state index is 13.0. The van der Waals surface area contributed by atoms with Crippen molar-refractivity contribution in [3.63, 3.8) is 0 Å². The van der Waals surface area contributed by atoms with Gasteiger partial charge in [-0.1, -0.05) is 17.7 Å². The Bertz CT molecular complexity index is 1150. The van der Waals surface area contributed by atoms with Gasteiger partial charge in [0.2, 0.25) is 5.69 Å². The predicted molar refractivity (Wildman–Crippen MR) is 100 cm³/mol. The van der Waals surface area contributed by atoms with Crippen LogP contribution in [0.15, 0.2) is 48.9 Å². The van der Waals surface area contributed by atoms with Crippen LogP contribution in [0.25, 0.3) is 5.65 Å². The van der Waals surface area contributed by atoms with Crippen LogP contribution in [-0.2, 0) is 6.54 Å². The number of rotatable bonds is 4. The summed E-state index contributed by atoms with van der Waals surface area (Å²) < 4.78 is 3.52. The van der Waals surface area contributed by atoms with Gasteiger partial charge in [-0.3, -0.25) is 4.79 Å². The van der Waals surface area contributed by atoms with Gasteiger partial charge in [-0.05, 0) is 30.7 Å². The second kappa shape index (κ2) is 6.98. The lowest BCUT2D eigenvalue weighted by molar-refractivity contribution is -0.704. The Morgan fingerprint density at radius 1 is 1.37 bits per heavy atom. The molecule has 0 unspecified atom stereocenters. The van der Waals surface area contributed by atoms with Crippen molar-refractivity contribution in [2.24, 2.45) is 0 Å². The SMILES string of the molecule is Cc1ccnc(NC(=O)c2c([O-])[n+](Cc3cnc(Cl)s3)c3ccccn23)c1. The fourth-order valence-electron chi connectivity index (χ4n) is 2.83. The quantitative estimate of drug-likeness (QED) is 0.534. The van der Waals surface area contributed by atoms with Crippen LogP contribution in [0.3, 0.4) is 0 Å². The van der Waals surface area contributed by atoms with Crippen LogP contribution < -0.4 is 15.0 Å². The third kappa shape index (κ3) is 3.36. The number of anilines is 1. The van der Waals surface area contributed by atoms with Crippen LogP contribution >= 0.6 is 22.9 Å². The zero-order valence-corrected chi connectivity index (χ0v) is 15.8. The molecule has 0 aromatic carbocycles. The fourth-order valence-corrected chi connectivity index (χ4v) is 3.80. The first kappa shape index (κ1) is 17.4. The van der Waals surface area contributed by atoms with E-state index in [1.165, 1.54) is 15.9 Å². The molecule has 0 atom stereocenters. The molecule has 9 heteroatoms. The van der Waals surface area contributed by atoms with Gasteiger partial charge in [0.05, 0.1) is 11.1 Å². The van der Waals surface area contributed by atoms with E-state index in [0.717, 1.165) is 10.4 Å². The van der Waals surface area contributed by atoms with E-state index in [1.807, 2.05) is 19.1 Å². The van der Waals surface area contributed by atoms with Crippen LogP contribution in [0.1, 0.15) is 20.9 Å². The van der Waals surface area contributed by atoms with Crippen molar-refractivity contribution in [3.8, 4) is 5.88 Å². The number of aromatic nitrogens is 4. The van der Waals surface area contributed by atoms with Crippen molar-refractivity contribution in [1.29, 1.82) is 0 Å². The van der Waals surface area contributed by atoms with Gasteiger partial charge in [-0.25, -0.2) is 14.5 Å². The van der Waals surface area contributed by atoms with Gasteiger partial charge >= 0.3 is 0 Å². The van der Waals surface area contributed by atoms with Crippen LogP contribution in [0.5, 0.6) is 5.88 Å². The number of hydrogen-bond acceptors (Lipinski definition) is 5. The lowest BCUT2D eigenvalue weighted by Gasteiger charge is -2.07. The number of amides is 1. The molecule has 4 rings (SSSR count). The molecule has 0 saturated heterocycles. The third-order valence-corrected chi connectivity index (χ3v) is 5.11. The number of carbonyl (C=O) groups excluding carboxylic acids is 1. The average molecular weight is 400 g/mol. The second-order valence-corrected chi connectivity index (χ2v) is 7.62. The minimum atomic E-state index is -0.514. The number of nitrogens with zero attached hydrogens (tertiary/aromatic N) is 4. The van der Waals surface area contributed by atoms with Gasteiger partial charge in [-0.2, -0.15) is 4.40 Å². The number of nitrogens with one attached hydrogen (secondary N) is 1. The number of halogens is 1. The number of imidazole rings is 1. The Kier molecular flexibility index (Phi) is 4.51. The summed E-state index contributed by atoms with van der Waals surface area (Å²) in [6.45, 7) is 2.18. The molecule has 0 bridgehead atoms. The van der Waals surface area contributed by atoms with Crippen molar-refractivity contribution in [3.05, 3.63) is 69.5 Å². The fraction of sp³-hybridized carbons (Fsp3) is 0.111. The smallest absolute Gasteiger partial charge is 0.300 e. The first-order valence-corrected chi connectivity index (χ1v) is 9.26. The molecule has 27 heavy (non-hydrogen) atoms. The van der Waals surface area contributed by atoms with E-state index < -0.39 is 11.8 Å². The van der Waals surface area contributed by atoms with E-state index >= 15 is 0 Å². The van der Waals surface area contributed by atoms with Gasteiger partial charge in [0, 0.05) is 18.5 Å².